The van der Waals surface area contributed by atoms with Gasteiger partial charge in [-0.1, -0.05) is 30.3 Å². The number of esters is 1. The second-order valence-corrected chi connectivity index (χ2v) is 4.17. The zero-order chi connectivity index (χ0) is 14.3. The number of halogens is 1. The average molecular weight is 286 g/mol. The van der Waals surface area contributed by atoms with Crippen LogP contribution in [0.2, 0.25) is 0 Å². The first-order valence-corrected chi connectivity index (χ1v) is 6.07. The molecule has 0 aliphatic carbocycles. The molecular formula is C13H16ClNO4. The summed E-state index contributed by atoms with van der Waals surface area (Å²) < 4.78 is 10.7. The highest BCUT2D eigenvalue weighted by molar-refractivity contribution is 6.22. The van der Waals surface area contributed by atoms with E-state index in [4.69, 9.17) is 21.3 Å². The van der Waals surface area contributed by atoms with E-state index in [2.05, 4.69) is 0 Å². The van der Waals surface area contributed by atoms with Crippen molar-refractivity contribution in [1.29, 1.82) is 0 Å². The number of hydrogen-bond acceptors (Lipinski definition) is 4. The molecule has 1 aromatic rings. The summed E-state index contributed by atoms with van der Waals surface area (Å²) in [5, 5.41) is 0. The molecule has 19 heavy (non-hydrogen) atoms. The Morgan fingerprint density at radius 2 is 1.89 bits per heavy atom. The Bertz CT molecular complexity index is 424. The number of ether oxygens (including phenoxy) is 2. The molecule has 1 aromatic carbocycles. The summed E-state index contributed by atoms with van der Waals surface area (Å²) >= 11 is 5.88. The van der Waals surface area contributed by atoms with Crippen molar-refractivity contribution in [2.75, 3.05) is 20.3 Å². The number of carbonyl (C=O) groups is 2. The number of carbonyl (C=O) groups excluding carboxylic acids is 2. The summed E-state index contributed by atoms with van der Waals surface area (Å²) in [4.78, 5) is 23.4. The van der Waals surface area contributed by atoms with Gasteiger partial charge in [-0.3, -0.25) is 4.79 Å². The zero-order valence-electron chi connectivity index (χ0n) is 10.8. The van der Waals surface area contributed by atoms with Crippen molar-refractivity contribution < 1.29 is 19.1 Å². The van der Waals surface area contributed by atoms with Crippen molar-refractivity contribution in [3.63, 3.8) is 0 Å². The zero-order valence-corrected chi connectivity index (χ0v) is 11.6. The van der Waals surface area contributed by atoms with Gasteiger partial charge >= 0.3 is 5.97 Å². The third kappa shape index (κ3) is 4.54. The van der Waals surface area contributed by atoms with Crippen LogP contribution in [0.4, 0.5) is 0 Å². The van der Waals surface area contributed by atoms with Gasteiger partial charge in [-0.15, -0.1) is 0 Å². The highest BCUT2D eigenvalue weighted by Crippen LogP contribution is 2.24. The van der Waals surface area contributed by atoms with Crippen LogP contribution in [0, 0.1) is 0 Å². The van der Waals surface area contributed by atoms with Gasteiger partial charge in [-0.25, -0.2) is 9.21 Å². The van der Waals surface area contributed by atoms with E-state index in [1.165, 1.54) is 14.0 Å². The van der Waals surface area contributed by atoms with E-state index in [0.29, 0.717) is 5.56 Å². The number of amides is 1. The Morgan fingerprint density at radius 1 is 1.26 bits per heavy atom. The Hall–Kier alpha value is -1.59. The highest BCUT2D eigenvalue weighted by Gasteiger charge is 2.30. The van der Waals surface area contributed by atoms with Gasteiger partial charge in [0.25, 0.3) is 0 Å². The minimum absolute atomic E-state index is 0.112. The van der Waals surface area contributed by atoms with Crippen LogP contribution in [-0.4, -0.2) is 36.6 Å². The highest BCUT2D eigenvalue weighted by atomic mass is 35.5. The molecule has 0 N–H and O–H groups in total. The molecular weight excluding hydrogens is 270 g/mol. The second kappa shape index (κ2) is 7.76. The van der Waals surface area contributed by atoms with E-state index >= 15 is 0 Å². The first-order valence-electron chi connectivity index (χ1n) is 5.74. The number of nitrogens with zero attached hydrogens (tertiary/aromatic N) is 1. The maximum atomic E-state index is 12.0. The fourth-order valence-corrected chi connectivity index (χ4v) is 1.67. The minimum Gasteiger partial charge on any atom is -0.461 e. The van der Waals surface area contributed by atoms with Crippen LogP contribution >= 0.6 is 11.8 Å². The van der Waals surface area contributed by atoms with Gasteiger partial charge in [-0.05, 0) is 5.56 Å². The van der Waals surface area contributed by atoms with Gasteiger partial charge in [0.2, 0.25) is 5.91 Å². The Kier molecular flexibility index (Phi) is 6.32. The number of rotatable bonds is 6. The van der Waals surface area contributed by atoms with E-state index in [-0.39, 0.29) is 13.2 Å². The van der Waals surface area contributed by atoms with Crippen LogP contribution in [0.15, 0.2) is 30.3 Å². The van der Waals surface area contributed by atoms with E-state index in [1.807, 2.05) is 6.07 Å². The molecule has 0 unspecified atom stereocenters. The quantitative estimate of drug-likeness (QED) is 0.455. The fraction of sp³-hybridized carbons (Fsp3) is 0.385. The predicted octanol–water partition coefficient (Wildman–Crippen LogP) is 1.92. The third-order valence-corrected chi connectivity index (χ3v) is 2.83. The molecule has 0 saturated carbocycles. The van der Waals surface area contributed by atoms with Crippen LogP contribution in [0.5, 0.6) is 0 Å². The van der Waals surface area contributed by atoms with Crippen LogP contribution in [0.3, 0.4) is 0 Å². The number of hydrogen-bond donors (Lipinski definition) is 0. The number of methoxy groups -OCH3 is 1. The Morgan fingerprint density at radius 3 is 2.42 bits per heavy atom. The maximum Gasteiger partial charge on any atom is 0.335 e. The lowest BCUT2D eigenvalue weighted by Crippen LogP contribution is -2.32. The van der Waals surface area contributed by atoms with Crippen LogP contribution in [-0.2, 0) is 19.1 Å². The average Bonchev–Trinajstić information content (AvgIpc) is 2.40. The lowest BCUT2D eigenvalue weighted by Gasteiger charge is -2.23. The van der Waals surface area contributed by atoms with Gasteiger partial charge in [0, 0.05) is 25.8 Å². The summed E-state index contributed by atoms with van der Waals surface area (Å²) in [5.74, 6) is -1.02. The SMILES string of the molecule is COCCOC(=O)[C@H](c1ccccc1)N(Cl)C(C)=O. The van der Waals surface area contributed by atoms with Crippen molar-refractivity contribution in [2.24, 2.45) is 0 Å². The molecule has 104 valence electrons. The molecule has 1 amide bonds. The Labute approximate surface area is 117 Å². The molecule has 1 rings (SSSR count). The molecule has 5 nitrogen and oxygen atoms in total. The topological polar surface area (TPSA) is 55.8 Å². The van der Waals surface area contributed by atoms with Gasteiger partial charge < -0.3 is 9.47 Å². The lowest BCUT2D eigenvalue weighted by atomic mass is 10.1. The molecule has 0 bridgehead atoms. The van der Waals surface area contributed by atoms with Crippen molar-refractivity contribution in [3.8, 4) is 0 Å². The predicted molar refractivity (Wildman–Crippen MR) is 70.4 cm³/mol. The second-order valence-electron chi connectivity index (χ2n) is 3.80. The first-order chi connectivity index (χ1) is 9.07. The van der Waals surface area contributed by atoms with Gasteiger partial charge in [0.1, 0.15) is 6.61 Å². The van der Waals surface area contributed by atoms with Gasteiger partial charge in [-0.2, -0.15) is 0 Å². The van der Waals surface area contributed by atoms with Crippen molar-refractivity contribution in [3.05, 3.63) is 35.9 Å². The van der Waals surface area contributed by atoms with Gasteiger partial charge in [0.15, 0.2) is 6.04 Å². The van der Waals surface area contributed by atoms with Crippen molar-refractivity contribution in [2.45, 2.75) is 13.0 Å². The van der Waals surface area contributed by atoms with Crippen LogP contribution < -0.4 is 0 Å². The molecule has 0 radical (unpaired) electrons. The summed E-state index contributed by atoms with van der Waals surface area (Å²) in [5.41, 5.74) is 0.593. The van der Waals surface area contributed by atoms with Crippen molar-refractivity contribution in [1.82, 2.24) is 4.42 Å². The summed E-state index contributed by atoms with van der Waals surface area (Å²) in [7, 11) is 1.51. The fourth-order valence-electron chi connectivity index (χ4n) is 1.48. The molecule has 0 spiro atoms. The minimum atomic E-state index is -0.961. The standard InChI is InChI=1S/C13H16ClNO4/c1-10(16)15(14)12(11-6-4-3-5-7-11)13(17)19-9-8-18-2/h3-7,12H,8-9H2,1-2H3/t12-/m0/s1. The van der Waals surface area contributed by atoms with E-state index in [0.717, 1.165) is 4.42 Å². The number of benzene rings is 1. The third-order valence-electron chi connectivity index (χ3n) is 2.40. The monoisotopic (exact) mass is 285 g/mol. The molecule has 0 fully saturated rings. The molecule has 0 aromatic heterocycles. The largest absolute Gasteiger partial charge is 0.461 e. The summed E-state index contributed by atoms with van der Waals surface area (Å²) in [6, 6.07) is 7.78. The van der Waals surface area contributed by atoms with E-state index < -0.39 is 17.9 Å². The lowest BCUT2D eigenvalue weighted by molar-refractivity contribution is -0.152. The van der Waals surface area contributed by atoms with Gasteiger partial charge in [0.05, 0.1) is 6.61 Å². The van der Waals surface area contributed by atoms with Crippen LogP contribution in [0.1, 0.15) is 18.5 Å². The van der Waals surface area contributed by atoms with E-state index in [9.17, 15) is 9.59 Å². The molecule has 1 atom stereocenters. The summed E-state index contributed by atoms with van der Waals surface area (Å²) in [6.45, 7) is 1.68. The first kappa shape index (κ1) is 15.5. The maximum absolute atomic E-state index is 12.0. The van der Waals surface area contributed by atoms with E-state index in [1.54, 1.807) is 24.3 Å². The molecule has 0 aliphatic heterocycles. The Balaban J connectivity index is 2.87. The summed E-state index contributed by atoms with van der Waals surface area (Å²) in [6.07, 6.45) is 0. The molecule has 0 saturated heterocycles. The smallest absolute Gasteiger partial charge is 0.335 e. The molecule has 0 heterocycles. The molecule has 6 heteroatoms. The van der Waals surface area contributed by atoms with Crippen LogP contribution in [0.25, 0.3) is 0 Å². The normalized spacial score (nSPS) is 11.7. The van der Waals surface area contributed by atoms with Crippen molar-refractivity contribution >= 4 is 23.7 Å². The molecule has 0 aliphatic rings.